The maximum atomic E-state index is 13.5. The summed E-state index contributed by atoms with van der Waals surface area (Å²) in [6, 6.07) is 1.60. The highest BCUT2D eigenvalue weighted by Crippen LogP contribution is 2.37. The van der Waals surface area contributed by atoms with Gasteiger partial charge in [-0.25, -0.2) is 9.97 Å². The van der Waals surface area contributed by atoms with E-state index in [0.29, 0.717) is 30.5 Å². The number of likely N-dealkylation sites (tertiary alicyclic amines) is 1. The molecule has 192 valence electrons. The Hall–Kier alpha value is -2.71. The Bertz CT molecular complexity index is 1080. The van der Waals surface area contributed by atoms with Gasteiger partial charge in [-0.05, 0) is 43.4 Å². The Morgan fingerprint density at radius 2 is 1.86 bits per heavy atom. The summed E-state index contributed by atoms with van der Waals surface area (Å²) in [6.07, 6.45) is 6.22. The van der Waals surface area contributed by atoms with Crippen LogP contribution in [0.5, 0.6) is 0 Å². The van der Waals surface area contributed by atoms with Crippen molar-refractivity contribution in [3.05, 3.63) is 18.1 Å². The SMILES string of the molecule is CC(=O)N[C@@H]1C[C@H](CC(C)(C)C)CC[C@@H]1N1CC[C@H](Nc2ncnc3cc(C(C)(C)C)nn23)C1=O. The Labute approximate surface area is 208 Å². The summed E-state index contributed by atoms with van der Waals surface area (Å²) in [5, 5.41) is 11.2. The Morgan fingerprint density at radius 1 is 1.11 bits per heavy atom. The number of hydrogen-bond acceptors (Lipinski definition) is 6. The number of carbonyl (C=O) groups is 2. The quantitative estimate of drug-likeness (QED) is 0.674. The summed E-state index contributed by atoms with van der Waals surface area (Å²) in [4.78, 5) is 36.2. The maximum absolute atomic E-state index is 13.5. The molecule has 2 amide bonds. The number of hydrogen-bond donors (Lipinski definition) is 2. The van der Waals surface area contributed by atoms with Gasteiger partial charge < -0.3 is 15.5 Å². The number of carbonyl (C=O) groups excluding carboxylic acids is 2. The van der Waals surface area contributed by atoms with Crippen LogP contribution in [0, 0.1) is 11.3 Å². The molecule has 4 atom stereocenters. The molecule has 9 heteroatoms. The number of nitrogens with zero attached hydrogens (tertiary/aromatic N) is 5. The third-order valence-electron chi connectivity index (χ3n) is 7.19. The van der Waals surface area contributed by atoms with Gasteiger partial charge in [-0.15, -0.1) is 0 Å². The molecule has 1 saturated heterocycles. The van der Waals surface area contributed by atoms with Crippen molar-refractivity contribution in [3.63, 3.8) is 0 Å². The van der Waals surface area contributed by atoms with E-state index in [1.807, 2.05) is 11.0 Å². The molecule has 9 nitrogen and oxygen atoms in total. The highest BCUT2D eigenvalue weighted by Gasteiger charge is 2.42. The van der Waals surface area contributed by atoms with Crippen LogP contribution in [-0.2, 0) is 15.0 Å². The van der Waals surface area contributed by atoms with E-state index >= 15 is 0 Å². The van der Waals surface area contributed by atoms with Crippen molar-refractivity contribution in [1.29, 1.82) is 0 Å². The number of rotatable bonds is 5. The Kier molecular flexibility index (Phi) is 6.81. The minimum Gasteiger partial charge on any atom is -0.352 e. The number of fused-ring (bicyclic) bond motifs is 1. The molecule has 1 aliphatic heterocycles. The van der Waals surface area contributed by atoms with E-state index in [-0.39, 0.29) is 40.8 Å². The van der Waals surface area contributed by atoms with E-state index in [4.69, 9.17) is 5.10 Å². The summed E-state index contributed by atoms with van der Waals surface area (Å²) in [5.74, 6) is 1.11. The van der Waals surface area contributed by atoms with Crippen molar-refractivity contribution >= 4 is 23.4 Å². The highest BCUT2D eigenvalue weighted by atomic mass is 16.2. The number of amides is 2. The topological polar surface area (TPSA) is 105 Å². The van der Waals surface area contributed by atoms with Crippen LogP contribution >= 0.6 is 0 Å². The van der Waals surface area contributed by atoms with E-state index in [1.165, 1.54) is 6.33 Å². The summed E-state index contributed by atoms with van der Waals surface area (Å²) in [5.41, 5.74) is 1.76. The van der Waals surface area contributed by atoms with E-state index in [1.54, 1.807) is 11.4 Å². The molecular formula is C26H41N7O2. The van der Waals surface area contributed by atoms with Gasteiger partial charge in [0.1, 0.15) is 12.4 Å². The molecule has 0 bridgehead atoms. The van der Waals surface area contributed by atoms with Crippen LogP contribution in [0.2, 0.25) is 0 Å². The third kappa shape index (κ3) is 5.76. The van der Waals surface area contributed by atoms with Gasteiger partial charge >= 0.3 is 0 Å². The van der Waals surface area contributed by atoms with Crippen molar-refractivity contribution in [2.75, 3.05) is 11.9 Å². The van der Waals surface area contributed by atoms with Crippen molar-refractivity contribution in [1.82, 2.24) is 29.8 Å². The highest BCUT2D eigenvalue weighted by molar-refractivity contribution is 5.87. The second kappa shape index (κ2) is 9.39. The van der Waals surface area contributed by atoms with Gasteiger partial charge in [-0.1, -0.05) is 41.5 Å². The van der Waals surface area contributed by atoms with Crippen LogP contribution in [0.3, 0.4) is 0 Å². The number of anilines is 1. The third-order valence-corrected chi connectivity index (χ3v) is 7.19. The first kappa shape index (κ1) is 25.4. The molecule has 4 rings (SSSR count). The average Bonchev–Trinajstić information content (AvgIpc) is 3.32. The minimum absolute atomic E-state index is 0.0116. The molecule has 2 aromatic heterocycles. The molecule has 0 spiro atoms. The molecule has 2 fully saturated rings. The fourth-order valence-electron chi connectivity index (χ4n) is 5.68. The second-order valence-corrected chi connectivity index (χ2v) is 12.6. The lowest BCUT2D eigenvalue weighted by Crippen LogP contribution is -2.55. The van der Waals surface area contributed by atoms with Crippen LogP contribution in [0.15, 0.2) is 12.4 Å². The lowest BCUT2D eigenvalue weighted by atomic mass is 9.74. The first-order valence-electron chi connectivity index (χ1n) is 12.9. The van der Waals surface area contributed by atoms with Crippen LogP contribution in [0.4, 0.5) is 5.95 Å². The lowest BCUT2D eigenvalue weighted by Gasteiger charge is -2.42. The van der Waals surface area contributed by atoms with E-state index in [9.17, 15) is 9.59 Å². The molecular weight excluding hydrogens is 442 g/mol. The molecule has 2 N–H and O–H groups in total. The Morgan fingerprint density at radius 3 is 2.51 bits per heavy atom. The normalized spacial score (nSPS) is 25.8. The molecule has 3 heterocycles. The van der Waals surface area contributed by atoms with Gasteiger partial charge in [0.05, 0.1) is 11.7 Å². The van der Waals surface area contributed by atoms with Gasteiger partial charge in [-0.3, -0.25) is 9.59 Å². The van der Waals surface area contributed by atoms with Crippen molar-refractivity contribution in [2.24, 2.45) is 11.3 Å². The van der Waals surface area contributed by atoms with Gasteiger partial charge in [0, 0.05) is 31.0 Å². The zero-order chi connectivity index (χ0) is 25.5. The molecule has 0 aromatic carbocycles. The summed E-state index contributed by atoms with van der Waals surface area (Å²) in [7, 11) is 0. The van der Waals surface area contributed by atoms with Crippen molar-refractivity contribution < 1.29 is 9.59 Å². The molecule has 2 aliphatic rings. The van der Waals surface area contributed by atoms with E-state index in [0.717, 1.165) is 31.4 Å². The van der Waals surface area contributed by atoms with Crippen LogP contribution < -0.4 is 10.6 Å². The molecule has 0 radical (unpaired) electrons. The molecule has 1 saturated carbocycles. The monoisotopic (exact) mass is 483 g/mol. The Balaban J connectivity index is 1.49. The first-order chi connectivity index (χ1) is 16.3. The van der Waals surface area contributed by atoms with Gasteiger partial charge in [-0.2, -0.15) is 9.61 Å². The fraction of sp³-hybridized carbons (Fsp3) is 0.731. The standard InChI is InChI=1S/C26H41N7O2/c1-16(34)29-19-12-17(14-25(2,3)4)8-9-20(19)32-11-10-18(23(32)35)30-24-28-15-27-22-13-21(26(5,6)7)31-33(22)24/h13,15,17-20H,8-12,14H2,1-7H3,(H,29,34)(H,27,28,30)/t17-,18+,19-,20+/m1/s1. The van der Waals surface area contributed by atoms with Gasteiger partial charge in [0.25, 0.3) is 0 Å². The number of aromatic nitrogens is 4. The first-order valence-corrected chi connectivity index (χ1v) is 12.9. The van der Waals surface area contributed by atoms with Crippen LogP contribution in [-0.4, -0.2) is 61.0 Å². The predicted molar refractivity (Wildman–Crippen MR) is 136 cm³/mol. The largest absolute Gasteiger partial charge is 0.352 e. The van der Waals surface area contributed by atoms with E-state index < -0.39 is 0 Å². The molecule has 35 heavy (non-hydrogen) atoms. The van der Waals surface area contributed by atoms with Gasteiger partial charge in [0.15, 0.2) is 5.65 Å². The minimum atomic E-state index is -0.374. The summed E-state index contributed by atoms with van der Waals surface area (Å²) < 4.78 is 1.69. The second-order valence-electron chi connectivity index (χ2n) is 12.6. The summed E-state index contributed by atoms with van der Waals surface area (Å²) in [6.45, 7) is 15.3. The van der Waals surface area contributed by atoms with E-state index in [2.05, 4.69) is 62.1 Å². The van der Waals surface area contributed by atoms with Crippen molar-refractivity contribution in [2.45, 2.75) is 104 Å². The van der Waals surface area contributed by atoms with Crippen LogP contribution in [0.25, 0.3) is 5.65 Å². The lowest BCUT2D eigenvalue weighted by molar-refractivity contribution is -0.133. The predicted octanol–water partition coefficient (Wildman–Crippen LogP) is 3.54. The zero-order valence-electron chi connectivity index (χ0n) is 22.3. The maximum Gasteiger partial charge on any atom is 0.245 e. The van der Waals surface area contributed by atoms with Crippen molar-refractivity contribution in [3.8, 4) is 0 Å². The molecule has 1 aliphatic carbocycles. The summed E-state index contributed by atoms with van der Waals surface area (Å²) >= 11 is 0. The fourth-order valence-corrected chi connectivity index (χ4v) is 5.68. The number of nitrogens with one attached hydrogen (secondary N) is 2. The molecule has 2 aromatic rings. The van der Waals surface area contributed by atoms with Crippen LogP contribution in [0.1, 0.15) is 86.3 Å². The average molecular weight is 484 g/mol. The molecule has 0 unspecified atom stereocenters. The zero-order valence-corrected chi connectivity index (χ0v) is 22.3. The smallest absolute Gasteiger partial charge is 0.245 e. The van der Waals surface area contributed by atoms with Gasteiger partial charge in [0.2, 0.25) is 17.8 Å².